The van der Waals surface area contributed by atoms with E-state index in [2.05, 4.69) is 0 Å². The minimum Gasteiger partial charge on any atom is -0.342 e. The predicted molar refractivity (Wildman–Crippen MR) is 78.4 cm³/mol. The molecule has 0 N–H and O–H groups in total. The fraction of sp³-hybridized carbons (Fsp3) is 0.500. The lowest BCUT2D eigenvalue weighted by Crippen LogP contribution is -2.45. The number of hydrogen-bond donors (Lipinski definition) is 0. The molecular formula is C14H15ClF3NOS. The first kappa shape index (κ1) is 16.5. The molecule has 1 aliphatic rings. The van der Waals surface area contributed by atoms with Gasteiger partial charge in [-0.25, -0.2) is 0 Å². The van der Waals surface area contributed by atoms with Gasteiger partial charge in [-0.2, -0.15) is 13.2 Å². The van der Waals surface area contributed by atoms with Gasteiger partial charge in [-0.3, -0.25) is 4.79 Å². The molecular weight excluding hydrogens is 323 g/mol. The molecule has 1 unspecified atom stereocenters. The molecule has 116 valence electrons. The Labute approximate surface area is 130 Å². The summed E-state index contributed by atoms with van der Waals surface area (Å²) in [6.07, 6.45) is -3.40. The number of hydrogen-bond acceptors (Lipinski definition) is 2. The van der Waals surface area contributed by atoms with Crippen LogP contribution in [0.4, 0.5) is 13.2 Å². The monoisotopic (exact) mass is 337 g/mol. The van der Waals surface area contributed by atoms with Gasteiger partial charge >= 0.3 is 6.18 Å². The highest BCUT2D eigenvalue weighted by Crippen LogP contribution is 2.35. The lowest BCUT2D eigenvalue weighted by molar-refractivity contribution is -0.137. The van der Waals surface area contributed by atoms with Gasteiger partial charge < -0.3 is 4.90 Å². The summed E-state index contributed by atoms with van der Waals surface area (Å²) in [5, 5.41) is -0.506. The first-order valence-corrected chi connectivity index (χ1v) is 7.97. The van der Waals surface area contributed by atoms with Crippen molar-refractivity contribution in [3.8, 4) is 0 Å². The fourth-order valence-electron chi connectivity index (χ4n) is 1.96. The van der Waals surface area contributed by atoms with Crippen LogP contribution in [0.3, 0.4) is 0 Å². The molecule has 0 aliphatic carbocycles. The third kappa shape index (κ3) is 4.07. The number of benzene rings is 1. The Kier molecular flexibility index (Phi) is 5.09. The Morgan fingerprint density at radius 1 is 1.43 bits per heavy atom. The van der Waals surface area contributed by atoms with Gasteiger partial charge in [0.15, 0.2) is 0 Å². The standard InChI is InChI=1S/C14H15ClF3NOS/c1-9(13(20)19-5-2-6-19)21-8-10-3-4-11(12(15)7-10)14(16,17)18/h3-4,7,9H,2,5-6,8H2,1H3. The van der Waals surface area contributed by atoms with Crippen LogP contribution in [0.5, 0.6) is 0 Å². The van der Waals surface area contributed by atoms with Gasteiger partial charge in [-0.1, -0.05) is 17.7 Å². The van der Waals surface area contributed by atoms with Crippen molar-refractivity contribution < 1.29 is 18.0 Å². The van der Waals surface area contributed by atoms with Crippen molar-refractivity contribution in [2.24, 2.45) is 0 Å². The zero-order chi connectivity index (χ0) is 15.6. The smallest absolute Gasteiger partial charge is 0.342 e. The number of carbonyl (C=O) groups is 1. The average molecular weight is 338 g/mol. The van der Waals surface area contributed by atoms with Crippen LogP contribution >= 0.6 is 23.4 Å². The second-order valence-corrected chi connectivity index (χ2v) is 6.68. The van der Waals surface area contributed by atoms with E-state index < -0.39 is 11.7 Å². The van der Waals surface area contributed by atoms with E-state index in [-0.39, 0.29) is 16.2 Å². The van der Waals surface area contributed by atoms with Gasteiger partial charge in [-0.15, -0.1) is 11.8 Å². The first-order chi connectivity index (χ1) is 9.79. The summed E-state index contributed by atoms with van der Waals surface area (Å²) in [5.41, 5.74) is -0.149. The maximum atomic E-state index is 12.6. The van der Waals surface area contributed by atoms with E-state index >= 15 is 0 Å². The van der Waals surface area contributed by atoms with Crippen molar-refractivity contribution >= 4 is 29.3 Å². The topological polar surface area (TPSA) is 20.3 Å². The number of carbonyl (C=O) groups excluding carboxylic acids is 1. The van der Waals surface area contributed by atoms with Crippen LogP contribution < -0.4 is 0 Å². The van der Waals surface area contributed by atoms with E-state index in [1.807, 2.05) is 6.92 Å². The molecule has 2 rings (SSSR count). The van der Waals surface area contributed by atoms with E-state index in [4.69, 9.17) is 11.6 Å². The molecule has 2 nitrogen and oxygen atoms in total. The van der Waals surface area contributed by atoms with Crippen LogP contribution in [-0.2, 0) is 16.7 Å². The Hall–Kier alpha value is -0.880. The maximum Gasteiger partial charge on any atom is 0.417 e. The molecule has 1 aromatic carbocycles. The van der Waals surface area contributed by atoms with E-state index in [1.54, 1.807) is 4.90 Å². The van der Waals surface area contributed by atoms with Gasteiger partial charge in [0.2, 0.25) is 5.91 Å². The summed E-state index contributed by atoms with van der Waals surface area (Å²) in [6.45, 7) is 3.42. The SMILES string of the molecule is CC(SCc1ccc(C(F)(F)F)c(Cl)c1)C(=O)N1CCC1. The van der Waals surface area contributed by atoms with Gasteiger partial charge in [-0.05, 0) is 31.0 Å². The van der Waals surface area contributed by atoms with Gasteiger partial charge in [0.25, 0.3) is 0 Å². The van der Waals surface area contributed by atoms with Gasteiger partial charge in [0, 0.05) is 18.8 Å². The van der Waals surface area contributed by atoms with Crippen molar-refractivity contribution in [1.29, 1.82) is 0 Å². The highest BCUT2D eigenvalue weighted by molar-refractivity contribution is 7.99. The molecule has 1 atom stereocenters. The van der Waals surface area contributed by atoms with Crippen molar-refractivity contribution in [3.05, 3.63) is 34.3 Å². The highest BCUT2D eigenvalue weighted by atomic mass is 35.5. The van der Waals surface area contributed by atoms with Crippen LogP contribution in [0.2, 0.25) is 5.02 Å². The second kappa shape index (κ2) is 6.48. The highest BCUT2D eigenvalue weighted by Gasteiger charge is 2.33. The lowest BCUT2D eigenvalue weighted by atomic mass is 10.1. The normalized spacial score (nSPS) is 16.5. The average Bonchev–Trinajstić information content (AvgIpc) is 2.32. The molecule has 1 amide bonds. The number of amides is 1. The van der Waals surface area contributed by atoms with Crippen molar-refractivity contribution in [2.45, 2.75) is 30.5 Å². The minimum absolute atomic E-state index is 0.0873. The minimum atomic E-state index is -4.44. The Morgan fingerprint density at radius 3 is 2.57 bits per heavy atom. The Bertz CT molecular complexity index is 531. The first-order valence-electron chi connectivity index (χ1n) is 6.55. The molecule has 7 heteroatoms. The lowest BCUT2D eigenvalue weighted by Gasteiger charge is -2.33. The summed E-state index contributed by atoms with van der Waals surface area (Å²) in [6, 6.07) is 3.71. The summed E-state index contributed by atoms with van der Waals surface area (Å²) in [7, 11) is 0. The molecule has 1 fully saturated rings. The molecule has 1 aromatic rings. The molecule has 0 bridgehead atoms. The quantitative estimate of drug-likeness (QED) is 0.820. The zero-order valence-electron chi connectivity index (χ0n) is 11.4. The molecule has 0 radical (unpaired) electrons. The summed E-state index contributed by atoms with van der Waals surface area (Å²) < 4.78 is 37.8. The fourth-order valence-corrected chi connectivity index (χ4v) is 3.19. The Morgan fingerprint density at radius 2 is 2.10 bits per heavy atom. The van der Waals surface area contributed by atoms with Crippen LogP contribution in [0.25, 0.3) is 0 Å². The van der Waals surface area contributed by atoms with Gasteiger partial charge in [0.1, 0.15) is 0 Å². The van der Waals surface area contributed by atoms with Gasteiger partial charge in [0.05, 0.1) is 15.8 Å². The third-order valence-corrected chi connectivity index (χ3v) is 4.87. The molecule has 1 aliphatic heterocycles. The van der Waals surface area contributed by atoms with Crippen molar-refractivity contribution in [1.82, 2.24) is 4.90 Å². The number of thioether (sulfide) groups is 1. The molecule has 1 heterocycles. The number of alkyl halides is 3. The molecule has 0 saturated carbocycles. The maximum absolute atomic E-state index is 12.6. The van der Waals surface area contributed by atoms with Crippen LogP contribution in [0.1, 0.15) is 24.5 Å². The number of nitrogens with zero attached hydrogens (tertiary/aromatic N) is 1. The van der Waals surface area contributed by atoms with E-state index in [9.17, 15) is 18.0 Å². The second-order valence-electron chi connectivity index (χ2n) is 4.94. The Balaban J connectivity index is 1.94. The zero-order valence-corrected chi connectivity index (χ0v) is 13.0. The molecule has 1 saturated heterocycles. The molecule has 0 spiro atoms. The van der Waals surface area contributed by atoms with Crippen LogP contribution in [0.15, 0.2) is 18.2 Å². The van der Waals surface area contributed by atoms with E-state index in [1.165, 1.54) is 23.9 Å². The largest absolute Gasteiger partial charge is 0.417 e. The van der Waals surface area contributed by atoms with Crippen molar-refractivity contribution in [3.63, 3.8) is 0 Å². The predicted octanol–water partition coefficient (Wildman–Crippen LogP) is 4.21. The number of likely N-dealkylation sites (tertiary alicyclic amines) is 1. The van der Waals surface area contributed by atoms with E-state index in [0.717, 1.165) is 25.6 Å². The number of rotatable bonds is 4. The summed E-state index contributed by atoms with van der Waals surface area (Å²) in [4.78, 5) is 13.7. The molecule has 0 aromatic heterocycles. The summed E-state index contributed by atoms with van der Waals surface area (Å²) >= 11 is 7.08. The third-order valence-electron chi connectivity index (χ3n) is 3.35. The molecule has 21 heavy (non-hydrogen) atoms. The number of halogens is 4. The van der Waals surface area contributed by atoms with Crippen molar-refractivity contribution in [2.75, 3.05) is 13.1 Å². The van der Waals surface area contributed by atoms with Crippen LogP contribution in [-0.4, -0.2) is 29.1 Å². The summed E-state index contributed by atoms with van der Waals surface area (Å²) in [5.74, 6) is 0.544. The van der Waals surface area contributed by atoms with Crippen LogP contribution in [0, 0.1) is 0 Å². The van der Waals surface area contributed by atoms with E-state index in [0.29, 0.717) is 11.3 Å².